The van der Waals surface area contributed by atoms with Gasteiger partial charge in [-0.25, -0.2) is 8.78 Å². The number of nitrogens with zero attached hydrogens (tertiary/aromatic N) is 1. The molecule has 0 spiro atoms. The van der Waals surface area contributed by atoms with Crippen LogP contribution in [0.5, 0.6) is 0 Å². The van der Waals surface area contributed by atoms with Gasteiger partial charge in [-0.15, -0.1) is 0 Å². The standard InChI is InChI=1S/C15H11BrF2N2/c1-15(9-19,13-7-10(16)5-6-14(13)18)20-12-4-2-3-11(17)8-12/h2-8,20H,1H3. The van der Waals surface area contributed by atoms with Gasteiger partial charge in [0, 0.05) is 15.7 Å². The number of hydrogen-bond donors (Lipinski definition) is 1. The summed E-state index contributed by atoms with van der Waals surface area (Å²) in [5, 5.41) is 12.3. The van der Waals surface area contributed by atoms with Crippen LogP contribution in [0.25, 0.3) is 0 Å². The molecule has 0 aliphatic carbocycles. The number of halogens is 3. The van der Waals surface area contributed by atoms with Crippen molar-refractivity contribution < 1.29 is 8.78 Å². The van der Waals surface area contributed by atoms with Crippen molar-refractivity contribution in [2.75, 3.05) is 5.32 Å². The first-order valence-electron chi connectivity index (χ1n) is 5.85. The van der Waals surface area contributed by atoms with Gasteiger partial charge in [0.15, 0.2) is 5.54 Å². The summed E-state index contributed by atoms with van der Waals surface area (Å²) in [5.41, 5.74) is -0.700. The summed E-state index contributed by atoms with van der Waals surface area (Å²) in [7, 11) is 0. The zero-order valence-electron chi connectivity index (χ0n) is 10.6. The van der Waals surface area contributed by atoms with E-state index >= 15 is 0 Å². The van der Waals surface area contributed by atoms with Crippen molar-refractivity contribution in [2.45, 2.75) is 12.5 Å². The van der Waals surface area contributed by atoms with Gasteiger partial charge in [-0.05, 0) is 43.3 Å². The fourth-order valence-corrected chi connectivity index (χ4v) is 2.25. The smallest absolute Gasteiger partial charge is 0.151 e. The van der Waals surface area contributed by atoms with Crippen LogP contribution in [0, 0.1) is 23.0 Å². The molecule has 0 aliphatic rings. The fourth-order valence-electron chi connectivity index (χ4n) is 1.89. The normalized spacial score (nSPS) is 13.3. The minimum Gasteiger partial charge on any atom is -0.364 e. The molecule has 2 aromatic rings. The molecule has 0 heterocycles. The Labute approximate surface area is 124 Å². The predicted octanol–water partition coefficient (Wildman–Crippen LogP) is 4.58. The van der Waals surface area contributed by atoms with Gasteiger partial charge in [0.1, 0.15) is 11.6 Å². The number of anilines is 1. The molecule has 0 fully saturated rings. The number of nitrogens with one attached hydrogen (secondary N) is 1. The summed E-state index contributed by atoms with van der Waals surface area (Å²) >= 11 is 3.25. The number of hydrogen-bond acceptors (Lipinski definition) is 2. The van der Waals surface area contributed by atoms with Gasteiger partial charge in [0.25, 0.3) is 0 Å². The topological polar surface area (TPSA) is 35.8 Å². The lowest BCUT2D eigenvalue weighted by Crippen LogP contribution is -2.31. The summed E-state index contributed by atoms with van der Waals surface area (Å²) in [6.07, 6.45) is 0. The lowest BCUT2D eigenvalue weighted by Gasteiger charge is -2.25. The molecular formula is C15H11BrF2N2. The van der Waals surface area contributed by atoms with Crippen LogP contribution in [0.4, 0.5) is 14.5 Å². The molecule has 1 unspecified atom stereocenters. The molecule has 2 rings (SSSR count). The molecule has 0 amide bonds. The van der Waals surface area contributed by atoms with Crippen molar-refractivity contribution in [3.05, 3.63) is 64.1 Å². The van der Waals surface area contributed by atoms with Gasteiger partial charge in [0.05, 0.1) is 6.07 Å². The molecular weight excluding hydrogens is 326 g/mol. The number of nitriles is 1. The van der Waals surface area contributed by atoms with E-state index in [-0.39, 0.29) is 5.56 Å². The van der Waals surface area contributed by atoms with E-state index in [0.717, 1.165) is 0 Å². The predicted molar refractivity (Wildman–Crippen MR) is 77.1 cm³/mol. The summed E-state index contributed by atoms with van der Waals surface area (Å²) in [5.74, 6) is -0.925. The Morgan fingerprint density at radius 2 is 1.95 bits per heavy atom. The van der Waals surface area contributed by atoms with E-state index in [4.69, 9.17) is 0 Å². The van der Waals surface area contributed by atoms with Crippen LogP contribution >= 0.6 is 15.9 Å². The van der Waals surface area contributed by atoms with E-state index in [1.54, 1.807) is 19.1 Å². The van der Waals surface area contributed by atoms with Gasteiger partial charge in [-0.2, -0.15) is 5.26 Å². The van der Waals surface area contributed by atoms with Gasteiger partial charge < -0.3 is 5.32 Å². The van der Waals surface area contributed by atoms with E-state index in [9.17, 15) is 14.0 Å². The van der Waals surface area contributed by atoms with E-state index in [0.29, 0.717) is 10.2 Å². The lowest BCUT2D eigenvalue weighted by molar-refractivity contribution is 0.570. The quantitative estimate of drug-likeness (QED) is 0.890. The minimum absolute atomic E-state index is 0.193. The Hall–Kier alpha value is -1.93. The van der Waals surface area contributed by atoms with Crippen LogP contribution in [-0.4, -0.2) is 0 Å². The SMILES string of the molecule is CC(C#N)(Nc1cccc(F)c1)c1cc(Br)ccc1F. The molecule has 0 saturated heterocycles. The summed E-state index contributed by atoms with van der Waals surface area (Å²) in [6, 6.07) is 12.1. The lowest BCUT2D eigenvalue weighted by atomic mass is 9.92. The number of benzene rings is 2. The minimum atomic E-state index is -1.30. The molecule has 20 heavy (non-hydrogen) atoms. The Morgan fingerprint density at radius 3 is 2.60 bits per heavy atom. The third kappa shape index (κ3) is 2.97. The van der Waals surface area contributed by atoms with Crippen LogP contribution in [-0.2, 0) is 5.54 Å². The molecule has 0 aliphatic heterocycles. The zero-order valence-corrected chi connectivity index (χ0v) is 12.2. The summed E-state index contributed by atoms with van der Waals surface area (Å²) in [4.78, 5) is 0. The fraction of sp³-hybridized carbons (Fsp3) is 0.133. The van der Waals surface area contributed by atoms with Gasteiger partial charge in [0.2, 0.25) is 0 Å². The maximum Gasteiger partial charge on any atom is 0.151 e. The highest BCUT2D eigenvalue weighted by atomic mass is 79.9. The first kappa shape index (κ1) is 14.5. The van der Waals surface area contributed by atoms with Crippen molar-refractivity contribution in [1.82, 2.24) is 0 Å². The largest absolute Gasteiger partial charge is 0.364 e. The van der Waals surface area contributed by atoms with Gasteiger partial charge in [-0.3, -0.25) is 0 Å². The van der Waals surface area contributed by atoms with Crippen molar-refractivity contribution >= 4 is 21.6 Å². The van der Waals surface area contributed by atoms with Crippen LogP contribution in [0.1, 0.15) is 12.5 Å². The first-order chi connectivity index (χ1) is 9.44. The van der Waals surface area contributed by atoms with Crippen molar-refractivity contribution in [3.63, 3.8) is 0 Å². The maximum absolute atomic E-state index is 13.9. The molecule has 1 atom stereocenters. The average Bonchev–Trinajstić information content (AvgIpc) is 2.41. The maximum atomic E-state index is 13.9. The van der Waals surface area contributed by atoms with Gasteiger partial charge in [-0.1, -0.05) is 22.0 Å². The second-order valence-electron chi connectivity index (χ2n) is 4.50. The Kier molecular flexibility index (Phi) is 4.05. The second kappa shape index (κ2) is 5.59. The number of rotatable bonds is 3. The molecule has 5 heteroatoms. The monoisotopic (exact) mass is 336 g/mol. The van der Waals surface area contributed by atoms with E-state index in [2.05, 4.69) is 21.2 Å². The van der Waals surface area contributed by atoms with E-state index in [1.165, 1.54) is 30.3 Å². The highest BCUT2D eigenvalue weighted by Gasteiger charge is 2.29. The van der Waals surface area contributed by atoms with Crippen LogP contribution in [0.2, 0.25) is 0 Å². The van der Waals surface area contributed by atoms with Crippen molar-refractivity contribution in [3.8, 4) is 6.07 Å². The molecule has 2 nitrogen and oxygen atoms in total. The Morgan fingerprint density at radius 1 is 1.20 bits per heavy atom. The highest BCUT2D eigenvalue weighted by Crippen LogP contribution is 2.30. The highest BCUT2D eigenvalue weighted by molar-refractivity contribution is 9.10. The molecule has 2 aromatic carbocycles. The van der Waals surface area contributed by atoms with Crippen LogP contribution in [0.15, 0.2) is 46.9 Å². The second-order valence-corrected chi connectivity index (χ2v) is 5.41. The molecule has 102 valence electrons. The molecule has 0 radical (unpaired) electrons. The third-order valence-electron chi connectivity index (χ3n) is 2.91. The first-order valence-corrected chi connectivity index (χ1v) is 6.64. The van der Waals surface area contributed by atoms with Gasteiger partial charge >= 0.3 is 0 Å². The van der Waals surface area contributed by atoms with Crippen molar-refractivity contribution in [2.24, 2.45) is 0 Å². The zero-order chi connectivity index (χ0) is 14.8. The van der Waals surface area contributed by atoms with E-state index in [1.807, 2.05) is 6.07 Å². The molecule has 1 N–H and O–H groups in total. The summed E-state index contributed by atoms with van der Waals surface area (Å²) < 4.78 is 27.8. The van der Waals surface area contributed by atoms with E-state index < -0.39 is 17.2 Å². The summed E-state index contributed by atoms with van der Waals surface area (Å²) in [6.45, 7) is 1.54. The van der Waals surface area contributed by atoms with Crippen LogP contribution in [0.3, 0.4) is 0 Å². The molecule has 0 bridgehead atoms. The Balaban J connectivity index is 2.44. The third-order valence-corrected chi connectivity index (χ3v) is 3.40. The Bertz CT molecular complexity index is 682. The molecule has 0 aromatic heterocycles. The average molecular weight is 337 g/mol. The van der Waals surface area contributed by atoms with Crippen LogP contribution < -0.4 is 5.32 Å². The molecule has 0 saturated carbocycles. The van der Waals surface area contributed by atoms with Crippen molar-refractivity contribution in [1.29, 1.82) is 5.26 Å².